The molecule has 0 spiro atoms. The minimum absolute atomic E-state index is 0.0484. The van der Waals surface area contributed by atoms with E-state index in [1.165, 1.54) is 0 Å². The lowest BCUT2D eigenvalue weighted by Gasteiger charge is -2.16. The van der Waals surface area contributed by atoms with Crippen molar-refractivity contribution >= 4 is 33.4 Å². The molecule has 2 aromatic carbocycles. The Morgan fingerprint density at radius 3 is 2.47 bits per heavy atom. The van der Waals surface area contributed by atoms with Crippen LogP contribution in [0.4, 0.5) is 0 Å². The van der Waals surface area contributed by atoms with Crippen LogP contribution in [0.15, 0.2) is 59.8 Å². The van der Waals surface area contributed by atoms with Crippen LogP contribution in [0.1, 0.15) is 29.5 Å². The second kappa shape index (κ2) is 10.9. The first-order valence-electron chi connectivity index (χ1n) is 10.3. The molecule has 0 radical (unpaired) electrons. The van der Waals surface area contributed by atoms with E-state index in [9.17, 15) is 23.1 Å². The zero-order valence-electron chi connectivity index (χ0n) is 18.1. The van der Waals surface area contributed by atoms with Gasteiger partial charge in [0.05, 0.1) is 17.9 Å². The molecule has 1 aliphatic rings. The molecule has 0 fully saturated rings. The Kier molecular flexibility index (Phi) is 7.97. The number of aliphatic carboxylic acids is 1. The van der Waals surface area contributed by atoms with Crippen molar-refractivity contribution in [3.8, 4) is 0 Å². The summed E-state index contributed by atoms with van der Waals surface area (Å²) in [6.07, 6.45) is -0.263. The summed E-state index contributed by atoms with van der Waals surface area (Å²) < 4.78 is 26.8. The maximum atomic E-state index is 12.3. The minimum atomic E-state index is -3.94. The second-order valence-electron chi connectivity index (χ2n) is 7.72. The number of rotatable bonds is 11. The van der Waals surface area contributed by atoms with Gasteiger partial charge in [-0.15, -0.1) is 0 Å². The zero-order chi connectivity index (χ0) is 24.7. The molecule has 1 heterocycles. The van der Waals surface area contributed by atoms with Crippen LogP contribution in [0.5, 0.6) is 0 Å². The van der Waals surface area contributed by atoms with Crippen molar-refractivity contribution in [3.63, 3.8) is 0 Å². The molecule has 6 N–H and O–H groups in total. The van der Waals surface area contributed by atoms with Gasteiger partial charge in [0.15, 0.2) is 0 Å². The van der Waals surface area contributed by atoms with E-state index < -0.39 is 40.6 Å². The fraction of sp³-hybridized carbons (Fsp3) is 0.273. The molecule has 180 valence electrons. The lowest BCUT2D eigenvalue weighted by atomic mass is 10.0. The van der Waals surface area contributed by atoms with E-state index >= 15 is 0 Å². The number of hydrogen-bond donors (Lipinski definition) is 5. The largest absolute Gasteiger partial charge is 0.480 e. The number of carboxylic acid groups (broad SMARTS) is 1. The average molecular weight is 488 g/mol. The Bertz CT molecular complexity index is 1180. The van der Waals surface area contributed by atoms with E-state index in [-0.39, 0.29) is 18.0 Å². The van der Waals surface area contributed by atoms with Gasteiger partial charge in [0.1, 0.15) is 18.0 Å². The topological polar surface area (TPSA) is 184 Å². The smallest absolute Gasteiger partial charge is 0.323 e. The molecule has 1 amide bonds. The molecule has 11 nitrogen and oxygen atoms in total. The van der Waals surface area contributed by atoms with E-state index in [2.05, 4.69) is 15.2 Å². The maximum absolute atomic E-state index is 12.3. The summed E-state index contributed by atoms with van der Waals surface area (Å²) in [4.78, 5) is 29.1. The van der Waals surface area contributed by atoms with Crippen LogP contribution in [0, 0.1) is 5.41 Å². The SMILES string of the molecule is N=C(N)c1ccc(C2=NOC(CC(=O)NC[C@H](NS(=O)(=O)Cc3ccccc3)C(=O)O)C2)cc1. The summed E-state index contributed by atoms with van der Waals surface area (Å²) in [5.41, 5.74) is 7.92. The number of carbonyl (C=O) groups is 2. The molecule has 1 aliphatic heterocycles. The predicted molar refractivity (Wildman–Crippen MR) is 125 cm³/mol. The number of nitrogens with one attached hydrogen (secondary N) is 3. The number of amidine groups is 1. The molecule has 1 unspecified atom stereocenters. The molecule has 0 bridgehead atoms. The molecule has 12 heteroatoms. The van der Waals surface area contributed by atoms with Gasteiger partial charge in [-0.25, -0.2) is 8.42 Å². The van der Waals surface area contributed by atoms with Gasteiger partial charge >= 0.3 is 5.97 Å². The van der Waals surface area contributed by atoms with Crippen LogP contribution in [-0.4, -0.2) is 55.6 Å². The Morgan fingerprint density at radius 2 is 1.85 bits per heavy atom. The predicted octanol–water partition coefficient (Wildman–Crippen LogP) is 0.543. The third-order valence-electron chi connectivity index (χ3n) is 5.00. The molecule has 34 heavy (non-hydrogen) atoms. The first-order chi connectivity index (χ1) is 16.1. The van der Waals surface area contributed by atoms with Crippen LogP contribution >= 0.6 is 0 Å². The van der Waals surface area contributed by atoms with Crippen molar-refractivity contribution in [1.29, 1.82) is 5.41 Å². The van der Waals surface area contributed by atoms with Gasteiger partial charge in [0, 0.05) is 18.5 Å². The van der Waals surface area contributed by atoms with Crippen molar-refractivity contribution in [2.24, 2.45) is 10.9 Å². The van der Waals surface area contributed by atoms with Gasteiger partial charge in [-0.1, -0.05) is 59.8 Å². The summed E-state index contributed by atoms with van der Waals surface area (Å²) in [6.45, 7) is -0.421. The van der Waals surface area contributed by atoms with Crippen molar-refractivity contribution in [2.75, 3.05) is 6.54 Å². The first-order valence-corrected chi connectivity index (χ1v) is 12.0. The molecule has 3 rings (SSSR count). The van der Waals surface area contributed by atoms with Gasteiger partial charge in [0.25, 0.3) is 0 Å². The van der Waals surface area contributed by atoms with Crippen LogP contribution in [0.2, 0.25) is 0 Å². The molecule has 2 atom stereocenters. The van der Waals surface area contributed by atoms with Crippen LogP contribution < -0.4 is 15.8 Å². The second-order valence-corrected chi connectivity index (χ2v) is 9.48. The van der Waals surface area contributed by atoms with Gasteiger partial charge in [-0.2, -0.15) is 4.72 Å². The maximum Gasteiger partial charge on any atom is 0.323 e. The van der Waals surface area contributed by atoms with E-state index in [4.69, 9.17) is 16.0 Å². The van der Waals surface area contributed by atoms with Gasteiger partial charge in [-0.05, 0) is 11.1 Å². The van der Waals surface area contributed by atoms with E-state index in [1.807, 2.05) is 0 Å². The lowest BCUT2D eigenvalue weighted by molar-refractivity contribution is -0.138. The van der Waals surface area contributed by atoms with Gasteiger partial charge in [0.2, 0.25) is 15.9 Å². The number of sulfonamides is 1. The number of hydrogen-bond acceptors (Lipinski definition) is 7. The number of nitrogen functional groups attached to an aromatic ring is 1. The molecular formula is C22H25N5O6S. The summed E-state index contributed by atoms with van der Waals surface area (Å²) in [5, 5.41) is 23.2. The number of carbonyl (C=O) groups excluding carboxylic acids is 1. The molecule has 0 aromatic heterocycles. The molecule has 0 aliphatic carbocycles. The Labute approximate surface area is 196 Å². The summed E-state index contributed by atoms with van der Waals surface area (Å²) in [6, 6.07) is 13.7. The third-order valence-corrected chi connectivity index (χ3v) is 6.35. The van der Waals surface area contributed by atoms with Gasteiger partial charge < -0.3 is 21.0 Å². The van der Waals surface area contributed by atoms with Crippen molar-refractivity contribution in [2.45, 2.75) is 30.7 Å². The number of carboxylic acids is 1. The number of benzene rings is 2. The number of nitrogens with zero attached hydrogens (tertiary/aromatic N) is 1. The van der Waals surface area contributed by atoms with Gasteiger partial charge in [-0.3, -0.25) is 15.0 Å². The third kappa shape index (κ3) is 7.12. The van der Waals surface area contributed by atoms with Crippen LogP contribution in [0.3, 0.4) is 0 Å². The quantitative estimate of drug-likeness (QED) is 0.226. The molecular weight excluding hydrogens is 462 g/mol. The lowest BCUT2D eigenvalue weighted by Crippen LogP contribution is -2.48. The fourth-order valence-electron chi connectivity index (χ4n) is 3.28. The number of amides is 1. The highest BCUT2D eigenvalue weighted by molar-refractivity contribution is 7.88. The summed E-state index contributed by atoms with van der Waals surface area (Å²) in [7, 11) is -3.94. The van der Waals surface area contributed by atoms with Crippen molar-refractivity contribution in [3.05, 3.63) is 71.3 Å². The van der Waals surface area contributed by atoms with E-state index in [0.29, 0.717) is 23.3 Å². The molecule has 0 saturated carbocycles. The Hall–Kier alpha value is -3.77. The highest BCUT2D eigenvalue weighted by atomic mass is 32.2. The Morgan fingerprint density at radius 1 is 1.18 bits per heavy atom. The molecule has 0 saturated heterocycles. The number of oxime groups is 1. The summed E-state index contributed by atoms with van der Waals surface area (Å²) in [5.74, 6) is -2.34. The van der Waals surface area contributed by atoms with Crippen LogP contribution in [-0.2, 0) is 30.2 Å². The molecule has 2 aromatic rings. The highest BCUT2D eigenvalue weighted by Gasteiger charge is 2.27. The van der Waals surface area contributed by atoms with Crippen LogP contribution in [0.25, 0.3) is 0 Å². The monoisotopic (exact) mass is 487 g/mol. The standard InChI is InChI=1S/C22H25N5O6S/c23-21(24)16-8-6-15(7-9-16)18-10-17(33-26-18)11-20(28)25-12-19(22(29)30)27-34(31,32)13-14-4-2-1-3-5-14/h1-9,17,19,27H,10-13H2,(H3,23,24)(H,25,28)(H,29,30)/t17?,19-/m0/s1. The average Bonchev–Trinajstić information content (AvgIpc) is 3.25. The Balaban J connectivity index is 1.48. The zero-order valence-corrected chi connectivity index (χ0v) is 18.9. The fourth-order valence-corrected chi connectivity index (χ4v) is 4.61. The highest BCUT2D eigenvalue weighted by Crippen LogP contribution is 2.19. The van der Waals surface area contributed by atoms with Crippen molar-refractivity contribution in [1.82, 2.24) is 10.0 Å². The van der Waals surface area contributed by atoms with E-state index in [1.54, 1.807) is 54.6 Å². The van der Waals surface area contributed by atoms with E-state index in [0.717, 1.165) is 5.56 Å². The first kappa shape index (κ1) is 24.9. The van der Waals surface area contributed by atoms with Crippen molar-refractivity contribution < 1.29 is 28.0 Å². The summed E-state index contributed by atoms with van der Waals surface area (Å²) >= 11 is 0. The minimum Gasteiger partial charge on any atom is -0.480 e. The number of nitrogens with two attached hydrogens (primary N) is 1. The normalized spacial score (nSPS) is 16.2.